The fraction of sp³-hybridized carbons (Fsp3) is 0.381. The molecule has 0 atom stereocenters. The molecule has 0 aliphatic carbocycles. The van der Waals surface area contributed by atoms with E-state index in [2.05, 4.69) is 15.2 Å². The molecular formula is C21H26N4O2S. The minimum absolute atomic E-state index is 0.00887. The number of carbonyl (C=O) groups excluding carboxylic acids is 2. The van der Waals surface area contributed by atoms with Crippen LogP contribution in [0.3, 0.4) is 0 Å². The van der Waals surface area contributed by atoms with Gasteiger partial charge in [-0.1, -0.05) is 18.2 Å². The number of carbonyl (C=O) groups is 2. The summed E-state index contributed by atoms with van der Waals surface area (Å²) in [5.74, 6) is 0.559. The normalized spacial score (nSPS) is 14.7. The number of nitrogens with one attached hydrogen (secondary N) is 1. The van der Waals surface area contributed by atoms with Crippen LogP contribution in [0.4, 0.5) is 5.69 Å². The summed E-state index contributed by atoms with van der Waals surface area (Å²) in [5.41, 5.74) is 3.03. The molecule has 0 spiro atoms. The van der Waals surface area contributed by atoms with E-state index in [0.29, 0.717) is 38.5 Å². The Labute approximate surface area is 170 Å². The number of hydrogen-bond acceptors (Lipinski definition) is 5. The summed E-state index contributed by atoms with van der Waals surface area (Å²) in [4.78, 5) is 33.8. The van der Waals surface area contributed by atoms with Crippen molar-refractivity contribution in [2.45, 2.75) is 18.7 Å². The van der Waals surface area contributed by atoms with Gasteiger partial charge in [-0.05, 0) is 37.1 Å². The van der Waals surface area contributed by atoms with E-state index in [9.17, 15) is 9.59 Å². The molecule has 1 fully saturated rings. The second-order valence-corrected chi connectivity index (χ2v) is 7.99. The van der Waals surface area contributed by atoms with Gasteiger partial charge >= 0.3 is 0 Å². The molecule has 3 rings (SSSR count). The second kappa shape index (κ2) is 9.71. The number of thioether (sulfide) groups is 1. The maximum absolute atomic E-state index is 12.4. The average Bonchev–Trinajstić information content (AvgIpc) is 2.70. The lowest BCUT2D eigenvalue weighted by Gasteiger charge is -2.34. The maximum Gasteiger partial charge on any atom is 0.238 e. The van der Waals surface area contributed by atoms with Gasteiger partial charge in [0.2, 0.25) is 11.8 Å². The molecule has 0 radical (unpaired) electrons. The van der Waals surface area contributed by atoms with E-state index < -0.39 is 0 Å². The number of para-hydroxylation sites is 1. The fourth-order valence-electron chi connectivity index (χ4n) is 3.22. The van der Waals surface area contributed by atoms with Crippen LogP contribution in [0, 0.1) is 13.8 Å². The first kappa shape index (κ1) is 20.4. The molecule has 7 heteroatoms. The summed E-state index contributed by atoms with van der Waals surface area (Å²) in [7, 11) is 0. The summed E-state index contributed by atoms with van der Waals surface area (Å²) >= 11 is 1.53. The van der Waals surface area contributed by atoms with Crippen molar-refractivity contribution in [1.82, 2.24) is 14.8 Å². The molecule has 28 heavy (non-hydrogen) atoms. The quantitative estimate of drug-likeness (QED) is 0.758. The Morgan fingerprint density at radius 2 is 1.68 bits per heavy atom. The molecule has 1 saturated heterocycles. The van der Waals surface area contributed by atoms with Gasteiger partial charge in [0.05, 0.1) is 12.3 Å². The average molecular weight is 399 g/mol. The highest BCUT2D eigenvalue weighted by atomic mass is 32.2. The summed E-state index contributed by atoms with van der Waals surface area (Å²) in [5, 5.41) is 3.03. The summed E-state index contributed by atoms with van der Waals surface area (Å²) in [6, 6.07) is 9.80. The number of aryl methyl sites for hydroxylation is 2. The summed E-state index contributed by atoms with van der Waals surface area (Å²) < 4.78 is 0. The number of hydrogen-bond donors (Lipinski definition) is 1. The zero-order valence-electron chi connectivity index (χ0n) is 16.4. The molecular weight excluding hydrogens is 372 g/mol. The maximum atomic E-state index is 12.4. The van der Waals surface area contributed by atoms with E-state index in [4.69, 9.17) is 0 Å². The van der Waals surface area contributed by atoms with Gasteiger partial charge in [-0.2, -0.15) is 0 Å². The van der Waals surface area contributed by atoms with Crippen LogP contribution in [-0.2, 0) is 9.59 Å². The highest BCUT2D eigenvalue weighted by molar-refractivity contribution is 8.00. The molecule has 1 aromatic carbocycles. The SMILES string of the molecule is Cc1cccc(C)c1NC(=O)CN1CCN(C(=O)CSc2ccncc2)CC1. The highest BCUT2D eigenvalue weighted by Gasteiger charge is 2.22. The molecule has 1 N–H and O–H groups in total. The monoisotopic (exact) mass is 398 g/mol. The topological polar surface area (TPSA) is 65.5 Å². The van der Waals surface area contributed by atoms with Crippen LogP contribution in [0.2, 0.25) is 0 Å². The van der Waals surface area contributed by atoms with Crippen molar-refractivity contribution < 1.29 is 9.59 Å². The zero-order chi connectivity index (χ0) is 19.9. The van der Waals surface area contributed by atoms with Crippen molar-refractivity contribution in [1.29, 1.82) is 0 Å². The van der Waals surface area contributed by atoms with Crippen LogP contribution < -0.4 is 5.32 Å². The highest BCUT2D eigenvalue weighted by Crippen LogP contribution is 2.20. The zero-order valence-corrected chi connectivity index (χ0v) is 17.2. The van der Waals surface area contributed by atoms with Crippen molar-refractivity contribution >= 4 is 29.3 Å². The van der Waals surface area contributed by atoms with Crippen molar-refractivity contribution in [3.05, 3.63) is 53.9 Å². The Balaban J connectivity index is 1.42. The Morgan fingerprint density at radius 1 is 1.04 bits per heavy atom. The van der Waals surface area contributed by atoms with Crippen LogP contribution in [0.5, 0.6) is 0 Å². The standard InChI is InChI=1S/C21H26N4O2S/c1-16-4-3-5-17(2)21(16)23-19(26)14-24-10-12-25(13-11-24)20(27)15-28-18-6-8-22-9-7-18/h3-9H,10-15H2,1-2H3,(H,23,26). The van der Waals surface area contributed by atoms with Crippen LogP contribution in [0.25, 0.3) is 0 Å². The number of piperazine rings is 1. The third-order valence-electron chi connectivity index (χ3n) is 4.85. The number of nitrogens with zero attached hydrogens (tertiary/aromatic N) is 3. The van der Waals surface area contributed by atoms with E-state index in [-0.39, 0.29) is 11.8 Å². The predicted octanol–water partition coefficient (Wildman–Crippen LogP) is 2.57. The van der Waals surface area contributed by atoms with Crippen LogP contribution in [0.1, 0.15) is 11.1 Å². The van der Waals surface area contributed by atoms with Crippen LogP contribution in [-0.4, -0.2) is 65.1 Å². The van der Waals surface area contributed by atoms with Gasteiger partial charge < -0.3 is 10.2 Å². The van der Waals surface area contributed by atoms with E-state index in [1.165, 1.54) is 11.8 Å². The molecule has 1 aliphatic heterocycles. The van der Waals surface area contributed by atoms with E-state index in [0.717, 1.165) is 21.7 Å². The first-order valence-electron chi connectivity index (χ1n) is 9.42. The van der Waals surface area contributed by atoms with E-state index >= 15 is 0 Å². The van der Waals surface area contributed by atoms with Gasteiger partial charge in [0.25, 0.3) is 0 Å². The molecule has 6 nitrogen and oxygen atoms in total. The molecule has 0 unspecified atom stereocenters. The van der Waals surface area contributed by atoms with Crippen molar-refractivity contribution in [2.24, 2.45) is 0 Å². The van der Waals surface area contributed by atoms with Crippen LogP contribution in [0.15, 0.2) is 47.6 Å². The molecule has 1 aliphatic rings. The lowest BCUT2D eigenvalue weighted by molar-refractivity contribution is -0.130. The number of rotatable bonds is 6. The Bertz CT molecular complexity index is 800. The molecule has 2 amide bonds. The smallest absolute Gasteiger partial charge is 0.238 e. The molecule has 2 heterocycles. The predicted molar refractivity (Wildman–Crippen MR) is 113 cm³/mol. The van der Waals surface area contributed by atoms with Crippen LogP contribution >= 0.6 is 11.8 Å². The van der Waals surface area contributed by atoms with Crippen molar-refractivity contribution in [3.8, 4) is 0 Å². The minimum atomic E-state index is -0.00887. The first-order valence-corrected chi connectivity index (χ1v) is 10.4. The minimum Gasteiger partial charge on any atom is -0.339 e. The van der Waals surface area contributed by atoms with Gasteiger partial charge in [-0.3, -0.25) is 19.5 Å². The number of anilines is 1. The first-order chi connectivity index (χ1) is 13.5. The lowest BCUT2D eigenvalue weighted by atomic mass is 10.1. The van der Waals surface area contributed by atoms with E-state index in [1.54, 1.807) is 12.4 Å². The fourth-order valence-corrected chi connectivity index (χ4v) is 4.01. The lowest BCUT2D eigenvalue weighted by Crippen LogP contribution is -2.50. The number of amides is 2. The third-order valence-corrected chi connectivity index (χ3v) is 5.85. The summed E-state index contributed by atoms with van der Waals surface area (Å²) in [6.45, 7) is 7.09. The largest absolute Gasteiger partial charge is 0.339 e. The molecule has 2 aromatic rings. The van der Waals surface area contributed by atoms with Gasteiger partial charge in [0.1, 0.15) is 0 Å². The number of benzene rings is 1. The molecule has 148 valence electrons. The molecule has 1 aromatic heterocycles. The van der Waals surface area contributed by atoms with Crippen molar-refractivity contribution in [2.75, 3.05) is 43.8 Å². The van der Waals surface area contributed by atoms with Gasteiger partial charge in [-0.25, -0.2) is 0 Å². The van der Waals surface area contributed by atoms with Gasteiger partial charge in [0, 0.05) is 49.2 Å². The van der Waals surface area contributed by atoms with Gasteiger partial charge in [-0.15, -0.1) is 11.8 Å². The number of aromatic nitrogens is 1. The van der Waals surface area contributed by atoms with Crippen molar-refractivity contribution in [3.63, 3.8) is 0 Å². The third kappa shape index (κ3) is 5.56. The number of pyridine rings is 1. The van der Waals surface area contributed by atoms with Gasteiger partial charge in [0.15, 0.2) is 0 Å². The Morgan fingerprint density at radius 3 is 2.32 bits per heavy atom. The Kier molecular flexibility index (Phi) is 7.06. The molecule has 0 saturated carbocycles. The molecule has 0 bridgehead atoms. The van der Waals surface area contributed by atoms with E-state index in [1.807, 2.05) is 49.1 Å². The Hall–Kier alpha value is -2.38. The summed E-state index contributed by atoms with van der Waals surface area (Å²) in [6.07, 6.45) is 3.46. The second-order valence-electron chi connectivity index (χ2n) is 6.94.